The van der Waals surface area contributed by atoms with Crippen LogP contribution in [0.4, 0.5) is 5.69 Å². The zero-order valence-electron chi connectivity index (χ0n) is 17.0. The van der Waals surface area contributed by atoms with Crippen molar-refractivity contribution in [3.8, 4) is 12.1 Å². The molecule has 30 heavy (non-hydrogen) atoms. The molecule has 7 nitrogen and oxygen atoms in total. The number of imidazole rings is 1. The summed E-state index contributed by atoms with van der Waals surface area (Å²) in [6.45, 7) is 1.95. The predicted molar refractivity (Wildman–Crippen MR) is 117 cm³/mol. The first-order chi connectivity index (χ1) is 14.5. The minimum absolute atomic E-state index is 0.00104. The van der Waals surface area contributed by atoms with E-state index < -0.39 is 0 Å². The molecule has 8 heteroatoms. The van der Waals surface area contributed by atoms with Gasteiger partial charge in [-0.15, -0.1) is 0 Å². The van der Waals surface area contributed by atoms with Crippen molar-refractivity contribution < 1.29 is 4.79 Å². The van der Waals surface area contributed by atoms with Gasteiger partial charge < -0.3 is 10.2 Å². The molecule has 0 unspecified atom stereocenters. The van der Waals surface area contributed by atoms with E-state index in [4.69, 9.17) is 10.5 Å². The Hall–Kier alpha value is -3.36. The van der Waals surface area contributed by atoms with Crippen molar-refractivity contribution in [3.05, 3.63) is 40.5 Å². The third kappa shape index (κ3) is 3.51. The average molecular weight is 419 g/mol. The SMILES string of the molecule is Cc1c(C(=O)N(C)C2CCCCC2)sc2nc3ccc(NC=C(C#N)C#N)cc3n12. The van der Waals surface area contributed by atoms with Crippen molar-refractivity contribution in [2.24, 2.45) is 0 Å². The number of hydrogen-bond donors (Lipinski definition) is 1. The van der Waals surface area contributed by atoms with Crippen molar-refractivity contribution >= 4 is 38.9 Å². The van der Waals surface area contributed by atoms with Crippen molar-refractivity contribution in [2.45, 2.75) is 45.1 Å². The van der Waals surface area contributed by atoms with Gasteiger partial charge in [-0.05, 0) is 38.0 Å². The molecule has 0 atom stereocenters. The summed E-state index contributed by atoms with van der Waals surface area (Å²) < 4.78 is 2.01. The fourth-order valence-electron chi connectivity index (χ4n) is 4.04. The molecule has 152 valence electrons. The molecule has 0 saturated heterocycles. The van der Waals surface area contributed by atoms with Crippen LogP contribution in [-0.4, -0.2) is 33.3 Å². The molecule has 1 aromatic carbocycles. The standard InChI is InChI=1S/C22H22N6OS/c1-14-20(21(29)27(2)17-6-4-3-5-7-17)30-22-26-18-9-8-16(10-19(18)28(14)22)25-13-15(11-23)12-24/h8-10,13,17,25H,3-7H2,1-2H3. The quantitative estimate of drug-likeness (QED) is 0.624. The lowest BCUT2D eigenvalue weighted by atomic mass is 9.94. The summed E-state index contributed by atoms with van der Waals surface area (Å²) in [6, 6.07) is 9.61. The maximum absolute atomic E-state index is 13.2. The Morgan fingerprint density at radius 3 is 2.73 bits per heavy atom. The van der Waals surface area contributed by atoms with Gasteiger partial charge in [-0.25, -0.2) is 4.98 Å². The molecular formula is C22H22N6OS. The van der Waals surface area contributed by atoms with E-state index in [1.54, 1.807) is 0 Å². The van der Waals surface area contributed by atoms with Crippen LogP contribution in [0.25, 0.3) is 16.0 Å². The van der Waals surface area contributed by atoms with Gasteiger partial charge in [0.2, 0.25) is 0 Å². The maximum atomic E-state index is 13.2. The van der Waals surface area contributed by atoms with E-state index in [0.29, 0.717) is 6.04 Å². The minimum atomic E-state index is -0.00104. The second-order valence-corrected chi connectivity index (χ2v) is 8.56. The number of carbonyl (C=O) groups is 1. The summed E-state index contributed by atoms with van der Waals surface area (Å²) in [6.07, 6.45) is 7.15. The summed E-state index contributed by atoms with van der Waals surface area (Å²) in [4.78, 5) is 21.3. The number of anilines is 1. The summed E-state index contributed by atoms with van der Waals surface area (Å²) in [5.41, 5.74) is 3.34. The van der Waals surface area contributed by atoms with Crippen LogP contribution < -0.4 is 5.32 Å². The molecule has 0 bridgehead atoms. The van der Waals surface area contributed by atoms with Gasteiger partial charge in [0.15, 0.2) is 4.96 Å². The van der Waals surface area contributed by atoms with Gasteiger partial charge in [-0.1, -0.05) is 30.6 Å². The lowest BCUT2D eigenvalue weighted by Crippen LogP contribution is -2.38. The van der Waals surface area contributed by atoms with Crippen LogP contribution in [0.1, 0.15) is 47.5 Å². The van der Waals surface area contributed by atoms with Crippen molar-refractivity contribution in [1.82, 2.24) is 14.3 Å². The number of nitrogens with one attached hydrogen (secondary N) is 1. The smallest absolute Gasteiger partial charge is 0.265 e. The molecule has 3 aromatic rings. The van der Waals surface area contributed by atoms with E-state index in [0.717, 1.165) is 45.1 Å². The van der Waals surface area contributed by atoms with Crippen LogP contribution >= 0.6 is 11.3 Å². The van der Waals surface area contributed by atoms with Crippen LogP contribution in [0.3, 0.4) is 0 Å². The summed E-state index contributed by atoms with van der Waals surface area (Å²) in [5, 5.41) is 20.8. The minimum Gasteiger partial charge on any atom is -0.360 e. The number of allylic oxidation sites excluding steroid dienone is 1. The summed E-state index contributed by atoms with van der Waals surface area (Å²) in [7, 11) is 1.91. The van der Waals surface area contributed by atoms with Crippen molar-refractivity contribution in [2.75, 3.05) is 12.4 Å². The van der Waals surface area contributed by atoms with Gasteiger partial charge >= 0.3 is 0 Å². The number of aryl methyl sites for hydroxylation is 1. The zero-order chi connectivity index (χ0) is 21.3. The molecule has 4 rings (SSSR count). The van der Waals surface area contributed by atoms with E-state index in [2.05, 4.69) is 10.3 Å². The maximum Gasteiger partial charge on any atom is 0.265 e. The monoisotopic (exact) mass is 418 g/mol. The molecule has 2 heterocycles. The molecule has 1 N–H and O–H groups in total. The first kappa shape index (κ1) is 19.9. The number of aromatic nitrogens is 2. The van der Waals surface area contributed by atoms with E-state index in [9.17, 15) is 4.79 Å². The number of fused-ring (bicyclic) bond motifs is 3. The van der Waals surface area contributed by atoms with Crippen molar-refractivity contribution in [1.29, 1.82) is 10.5 Å². The van der Waals surface area contributed by atoms with Gasteiger partial charge in [0, 0.05) is 30.7 Å². The fourth-order valence-corrected chi connectivity index (χ4v) is 5.16. The summed E-state index contributed by atoms with van der Waals surface area (Å²) in [5.74, 6) is 0.0629. The van der Waals surface area contributed by atoms with E-state index in [-0.39, 0.29) is 11.5 Å². The highest BCUT2D eigenvalue weighted by Gasteiger charge is 2.27. The largest absolute Gasteiger partial charge is 0.360 e. The Balaban J connectivity index is 1.69. The van der Waals surface area contributed by atoms with E-state index in [1.807, 2.05) is 53.6 Å². The number of hydrogen-bond acceptors (Lipinski definition) is 6. The molecular weight excluding hydrogens is 396 g/mol. The highest BCUT2D eigenvalue weighted by molar-refractivity contribution is 7.19. The Kier molecular flexibility index (Phi) is 5.43. The number of amides is 1. The van der Waals surface area contributed by atoms with Gasteiger partial charge in [0.25, 0.3) is 5.91 Å². The van der Waals surface area contributed by atoms with Gasteiger partial charge in [-0.3, -0.25) is 9.20 Å². The molecule has 1 saturated carbocycles. The fraction of sp³-hybridized carbons (Fsp3) is 0.364. The number of nitrogens with zero attached hydrogens (tertiary/aromatic N) is 5. The molecule has 2 aromatic heterocycles. The molecule has 0 spiro atoms. The Morgan fingerprint density at radius 1 is 1.30 bits per heavy atom. The topological polar surface area (TPSA) is 97.2 Å². The highest BCUT2D eigenvalue weighted by Crippen LogP contribution is 2.31. The van der Waals surface area contributed by atoms with Crippen LogP contribution in [0.2, 0.25) is 0 Å². The highest BCUT2D eigenvalue weighted by atomic mass is 32.1. The molecule has 1 fully saturated rings. The third-order valence-electron chi connectivity index (χ3n) is 5.74. The normalized spacial score (nSPS) is 14.3. The van der Waals surface area contributed by atoms with Gasteiger partial charge in [-0.2, -0.15) is 10.5 Å². The first-order valence-electron chi connectivity index (χ1n) is 9.99. The number of carbonyl (C=O) groups excluding carboxylic acids is 1. The van der Waals surface area contributed by atoms with Crippen LogP contribution in [0.15, 0.2) is 30.0 Å². The Bertz CT molecular complexity index is 1220. The van der Waals surface area contributed by atoms with Crippen LogP contribution in [-0.2, 0) is 0 Å². The molecule has 1 aliphatic carbocycles. The lowest BCUT2D eigenvalue weighted by molar-refractivity contribution is 0.0700. The van der Waals surface area contributed by atoms with Gasteiger partial charge in [0.05, 0.1) is 11.0 Å². The molecule has 0 aliphatic heterocycles. The van der Waals surface area contributed by atoms with Crippen molar-refractivity contribution in [3.63, 3.8) is 0 Å². The molecule has 0 radical (unpaired) electrons. The van der Waals surface area contributed by atoms with Crippen LogP contribution in [0, 0.1) is 29.6 Å². The van der Waals surface area contributed by atoms with Crippen LogP contribution in [0.5, 0.6) is 0 Å². The number of rotatable bonds is 4. The molecule has 1 amide bonds. The number of thiazole rings is 1. The second kappa shape index (κ2) is 8.17. The van der Waals surface area contributed by atoms with E-state index in [1.165, 1.54) is 36.8 Å². The number of benzene rings is 1. The number of nitriles is 2. The molecule has 1 aliphatic rings. The summed E-state index contributed by atoms with van der Waals surface area (Å²) >= 11 is 1.42. The Morgan fingerprint density at radius 2 is 2.03 bits per heavy atom. The average Bonchev–Trinajstić information content (AvgIpc) is 3.30. The predicted octanol–water partition coefficient (Wildman–Crippen LogP) is 4.61. The lowest BCUT2D eigenvalue weighted by Gasteiger charge is -2.31. The van der Waals surface area contributed by atoms with Gasteiger partial charge in [0.1, 0.15) is 22.6 Å². The second-order valence-electron chi connectivity index (χ2n) is 7.58. The first-order valence-corrected chi connectivity index (χ1v) is 10.8. The zero-order valence-corrected chi connectivity index (χ0v) is 17.8. The van der Waals surface area contributed by atoms with E-state index >= 15 is 0 Å². The third-order valence-corrected chi connectivity index (χ3v) is 6.87. The Labute approximate surface area is 178 Å².